The van der Waals surface area contributed by atoms with Crippen LogP contribution in [-0.2, 0) is 5.41 Å². The Morgan fingerprint density at radius 2 is 1.90 bits per heavy atom. The van der Waals surface area contributed by atoms with Gasteiger partial charge in [0, 0.05) is 22.7 Å². The van der Waals surface area contributed by atoms with Crippen molar-refractivity contribution < 1.29 is 14.9 Å². The van der Waals surface area contributed by atoms with Gasteiger partial charge in [0.2, 0.25) is 0 Å². The third-order valence-electron chi connectivity index (χ3n) is 7.06. The van der Waals surface area contributed by atoms with Gasteiger partial charge in [-0.15, -0.1) is 0 Å². The summed E-state index contributed by atoms with van der Waals surface area (Å²) >= 11 is 3.50. The molecule has 0 amide bonds. The molecule has 1 aliphatic heterocycles. The van der Waals surface area contributed by atoms with Crippen LogP contribution in [0.1, 0.15) is 89.7 Å². The molecule has 162 valence electrons. The number of phenols is 1. The smallest absolute Gasteiger partial charge is 0.127 e. The molecule has 3 nitrogen and oxygen atoms in total. The van der Waals surface area contributed by atoms with Gasteiger partial charge in [-0.25, -0.2) is 0 Å². The standard InChI is InChI=1S/C25H37BrO3/c1-24(2,11-7-5-6-8-12-26)18-14-21(28)23-19-13-17(16-27)9-10-20(19)25(3,4)29-22(23)15-18/h9,14-15,19-20,27-28H,5-8,10-13,16H2,1-4H3/t19?,20-/m1/s1. The average Bonchev–Trinajstić information content (AvgIpc) is 2.66. The van der Waals surface area contributed by atoms with E-state index in [2.05, 4.69) is 55.8 Å². The molecule has 2 N–H and O–H groups in total. The van der Waals surface area contributed by atoms with E-state index < -0.39 is 0 Å². The monoisotopic (exact) mass is 464 g/mol. The van der Waals surface area contributed by atoms with Gasteiger partial charge in [0.05, 0.1) is 6.61 Å². The first-order chi connectivity index (χ1) is 13.7. The molecule has 1 heterocycles. The minimum Gasteiger partial charge on any atom is -0.508 e. The molecule has 2 atom stereocenters. The van der Waals surface area contributed by atoms with Crippen molar-refractivity contribution in [1.29, 1.82) is 0 Å². The summed E-state index contributed by atoms with van der Waals surface area (Å²) in [6.45, 7) is 8.94. The molecule has 1 unspecified atom stereocenters. The highest BCUT2D eigenvalue weighted by Crippen LogP contribution is 2.54. The lowest BCUT2D eigenvalue weighted by Crippen LogP contribution is -2.45. The first kappa shape index (κ1) is 22.7. The van der Waals surface area contributed by atoms with E-state index in [9.17, 15) is 10.2 Å². The third-order valence-corrected chi connectivity index (χ3v) is 7.62. The number of hydrogen-bond donors (Lipinski definition) is 2. The predicted molar refractivity (Wildman–Crippen MR) is 123 cm³/mol. The molecule has 0 saturated heterocycles. The summed E-state index contributed by atoms with van der Waals surface area (Å²) in [5.74, 6) is 1.69. The lowest BCUT2D eigenvalue weighted by Gasteiger charge is -2.47. The molecule has 0 fully saturated rings. The topological polar surface area (TPSA) is 49.7 Å². The van der Waals surface area contributed by atoms with Gasteiger partial charge in [-0.2, -0.15) is 0 Å². The van der Waals surface area contributed by atoms with E-state index in [1.165, 1.54) is 25.7 Å². The van der Waals surface area contributed by atoms with Crippen molar-refractivity contribution in [2.24, 2.45) is 5.92 Å². The van der Waals surface area contributed by atoms with E-state index in [1.807, 2.05) is 6.07 Å². The molecule has 0 aromatic heterocycles. The Bertz CT molecular complexity index is 751. The molecule has 0 saturated carbocycles. The van der Waals surface area contributed by atoms with Crippen molar-refractivity contribution in [2.45, 2.75) is 89.6 Å². The van der Waals surface area contributed by atoms with E-state index in [-0.39, 0.29) is 23.5 Å². The number of rotatable bonds is 8. The summed E-state index contributed by atoms with van der Waals surface area (Å²) in [7, 11) is 0. The number of aliphatic hydroxyl groups excluding tert-OH is 1. The third kappa shape index (κ3) is 4.85. The van der Waals surface area contributed by atoms with Crippen LogP contribution < -0.4 is 4.74 Å². The summed E-state index contributed by atoms with van der Waals surface area (Å²) in [6, 6.07) is 4.13. The Morgan fingerprint density at radius 1 is 1.17 bits per heavy atom. The summed E-state index contributed by atoms with van der Waals surface area (Å²) in [6.07, 6.45) is 9.86. The lowest BCUT2D eigenvalue weighted by molar-refractivity contribution is 0.00662. The summed E-state index contributed by atoms with van der Waals surface area (Å²) in [4.78, 5) is 0. The van der Waals surface area contributed by atoms with Crippen LogP contribution >= 0.6 is 15.9 Å². The van der Waals surface area contributed by atoms with Gasteiger partial charge in [0.15, 0.2) is 0 Å². The highest BCUT2D eigenvalue weighted by Gasteiger charge is 2.46. The largest absolute Gasteiger partial charge is 0.508 e. The number of benzene rings is 1. The highest BCUT2D eigenvalue weighted by molar-refractivity contribution is 9.09. The number of aromatic hydroxyl groups is 1. The molecule has 1 aromatic rings. The Balaban J connectivity index is 1.87. The fourth-order valence-corrected chi connectivity index (χ4v) is 5.54. The number of phenolic OH excluding ortho intramolecular Hbond substituents is 1. The summed E-state index contributed by atoms with van der Waals surface area (Å²) in [5.41, 5.74) is 2.86. The number of hydrogen-bond acceptors (Lipinski definition) is 3. The van der Waals surface area contributed by atoms with Crippen molar-refractivity contribution in [3.05, 3.63) is 34.9 Å². The molecule has 1 aromatic carbocycles. The highest BCUT2D eigenvalue weighted by atomic mass is 79.9. The number of fused-ring (bicyclic) bond motifs is 3. The van der Waals surface area contributed by atoms with Crippen LogP contribution in [0.2, 0.25) is 0 Å². The zero-order valence-electron chi connectivity index (χ0n) is 18.4. The molecule has 2 aliphatic rings. The quantitative estimate of drug-likeness (QED) is 0.258. The number of unbranched alkanes of at least 4 members (excludes halogenated alkanes) is 3. The molecule has 3 rings (SSSR count). The SMILES string of the molecule is CC(C)(CCCCCCBr)c1cc(O)c2c(c1)OC(C)(C)[C@@H]1CC=C(CO)CC21. The average molecular weight is 465 g/mol. The summed E-state index contributed by atoms with van der Waals surface area (Å²) in [5, 5.41) is 21.8. The molecule has 4 heteroatoms. The maximum atomic E-state index is 11.0. The molecule has 0 radical (unpaired) electrons. The number of allylic oxidation sites excluding steroid dienone is 1. The molecule has 0 bridgehead atoms. The normalized spacial score (nSPS) is 23.0. The fourth-order valence-electron chi connectivity index (χ4n) is 5.14. The van der Waals surface area contributed by atoms with E-state index >= 15 is 0 Å². The number of aliphatic hydroxyl groups is 1. The molecular weight excluding hydrogens is 428 g/mol. The summed E-state index contributed by atoms with van der Waals surface area (Å²) < 4.78 is 6.47. The first-order valence-corrected chi connectivity index (χ1v) is 12.2. The van der Waals surface area contributed by atoms with E-state index in [0.29, 0.717) is 11.7 Å². The van der Waals surface area contributed by atoms with E-state index in [4.69, 9.17) is 4.74 Å². The van der Waals surface area contributed by atoms with Gasteiger partial charge in [-0.05, 0) is 68.2 Å². The van der Waals surface area contributed by atoms with Crippen LogP contribution in [0, 0.1) is 5.92 Å². The van der Waals surface area contributed by atoms with Crippen molar-refractivity contribution in [3.63, 3.8) is 0 Å². The van der Waals surface area contributed by atoms with Crippen LogP contribution in [0.25, 0.3) is 0 Å². The molecular formula is C25H37BrO3. The number of alkyl halides is 1. The van der Waals surface area contributed by atoms with Crippen LogP contribution in [0.5, 0.6) is 11.5 Å². The zero-order valence-corrected chi connectivity index (χ0v) is 20.0. The maximum absolute atomic E-state index is 11.0. The minimum absolute atomic E-state index is 0.00596. The second-order valence-corrected chi connectivity index (χ2v) is 10.8. The van der Waals surface area contributed by atoms with Crippen LogP contribution in [0.3, 0.4) is 0 Å². The van der Waals surface area contributed by atoms with Gasteiger partial charge >= 0.3 is 0 Å². The van der Waals surface area contributed by atoms with Crippen molar-refractivity contribution in [3.8, 4) is 11.5 Å². The first-order valence-electron chi connectivity index (χ1n) is 11.1. The Morgan fingerprint density at radius 3 is 2.59 bits per heavy atom. The molecule has 1 aliphatic carbocycles. The number of halogens is 1. The van der Waals surface area contributed by atoms with Crippen molar-refractivity contribution in [1.82, 2.24) is 0 Å². The predicted octanol–water partition coefficient (Wildman–Crippen LogP) is 6.60. The van der Waals surface area contributed by atoms with Crippen LogP contribution in [-0.4, -0.2) is 27.8 Å². The fraction of sp³-hybridized carbons (Fsp3) is 0.680. The lowest BCUT2D eigenvalue weighted by atomic mass is 9.66. The van der Waals surface area contributed by atoms with Crippen molar-refractivity contribution in [2.75, 3.05) is 11.9 Å². The van der Waals surface area contributed by atoms with Gasteiger partial charge in [-0.3, -0.25) is 0 Å². The number of ether oxygens (including phenoxy) is 1. The Labute approximate surface area is 184 Å². The van der Waals surface area contributed by atoms with E-state index in [0.717, 1.165) is 47.0 Å². The maximum Gasteiger partial charge on any atom is 0.127 e. The second-order valence-electron chi connectivity index (χ2n) is 10.0. The second kappa shape index (κ2) is 9.01. The molecule has 29 heavy (non-hydrogen) atoms. The van der Waals surface area contributed by atoms with Crippen LogP contribution in [0.4, 0.5) is 0 Å². The van der Waals surface area contributed by atoms with Gasteiger partial charge in [0.25, 0.3) is 0 Å². The van der Waals surface area contributed by atoms with E-state index in [1.54, 1.807) is 0 Å². The zero-order chi connectivity index (χ0) is 21.2. The van der Waals surface area contributed by atoms with Crippen LogP contribution in [0.15, 0.2) is 23.8 Å². The molecule has 0 spiro atoms. The van der Waals surface area contributed by atoms with Gasteiger partial charge < -0.3 is 14.9 Å². The minimum atomic E-state index is -0.292. The van der Waals surface area contributed by atoms with Gasteiger partial charge in [0.1, 0.15) is 17.1 Å². The van der Waals surface area contributed by atoms with Crippen molar-refractivity contribution >= 4 is 15.9 Å². The van der Waals surface area contributed by atoms with Gasteiger partial charge in [-0.1, -0.05) is 55.1 Å². The Hall–Kier alpha value is -1.00. The Kier molecular flexibility index (Phi) is 7.05.